The lowest BCUT2D eigenvalue weighted by atomic mass is 10.2. The predicted octanol–water partition coefficient (Wildman–Crippen LogP) is -0.769. The summed E-state index contributed by atoms with van der Waals surface area (Å²) in [6.45, 7) is 2.18. The molecule has 24 heavy (non-hydrogen) atoms. The largest absolute Gasteiger partial charge is 0.393 e. The van der Waals surface area contributed by atoms with Crippen molar-refractivity contribution in [2.75, 3.05) is 0 Å². The third-order valence-corrected chi connectivity index (χ3v) is 4.05. The van der Waals surface area contributed by atoms with Crippen LogP contribution in [0, 0.1) is 0 Å². The average molecular weight is 337 g/mol. The third-order valence-electron chi connectivity index (χ3n) is 4.05. The number of aromatic nitrogens is 4. The smallest absolute Gasteiger partial charge is 0.332 e. The van der Waals surface area contributed by atoms with Gasteiger partial charge in [-0.15, -0.1) is 0 Å². The molecule has 0 spiro atoms. The van der Waals surface area contributed by atoms with E-state index >= 15 is 0 Å². The molecule has 1 unspecified atom stereocenters. The van der Waals surface area contributed by atoms with Crippen LogP contribution in [0.1, 0.15) is 32.0 Å². The van der Waals surface area contributed by atoms with Crippen LogP contribution in [0.5, 0.6) is 0 Å². The molecule has 2 aromatic rings. The van der Waals surface area contributed by atoms with Crippen LogP contribution in [0.25, 0.3) is 11.2 Å². The van der Waals surface area contributed by atoms with Crippen LogP contribution in [-0.2, 0) is 32.0 Å². The molecule has 0 aromatic carbocycles. The minimum Gasteiger partial charge on any atom is -0.393 e. The van der Waals surface area contributed by atoms with Crippen molar-refractivity contribution in [2.24, 2.45) is 14.1 Å². The predicted molar refractivity (Wildman–Crippen MR) is 88.7 cm³/mol. The van der Waals surface area contributed by atoms with Crippen molar-refractivity contribution in [3.63, 3.8) is 0 Å². The molecule has 0 saturated heterocycles. The van der Waals surface area contributed by atoms with Gasteiger partial charge in [0.05, 0.1) is 12.6 Å². The molecule has 2 rings (SSSR count). The van der Waals surface area contributed by atoms with Gasteiger partial charge in [0.1, 0.15) is 5.82 Å². The number of unbranched alkanes of at least 4 members (excludes halogenated alkanes) is 1. The molecule has 0 fully saturated rings. The molecular formula is C15H23N5O4. The van der Waals surface area contributed by atoms with E-state index in [-0.39, 0.29) is 6.54 Å². The zero-order valence-electron chi connectivity index (χ0n) is 14.2. The van der Waals surface area contributed by atoms with Crippen molar-refractivity contribution in [1.82, 2.24) is 24.0 Å². The number of imidazole rings is 1. The van der Waals surface area contributed by atoms with E-state index in [1.54, 1.807) is 25.6 Å². The Morgan fingerprint density at radius 2 is 1.96 bits per heavy atom. The number of aliphatic hydroxyl groups is 1. The monoisotopic (exact) mass is 337 g/mol. The van der Waals surface area contributed by atoms with Crippen LogP contribution in [0.15, 0.2) is 9.59 Å². The summed E-state index contributed by atoms with van der Waals surface area (Å²) in [5.41, 5.74) is -0.180. The van der Waals surface area contributed by atoms with Gasteiger partial charge in [0.25, 0.3) is 5.56 Å². The van der Waals surface area contributed by atoms with E-state index in [2.05, 4.69) is 10.3 Å². The summed E-state index contributed by atoms with van der Waals surface area (Å²) in [7, 11) is 3.25. The fraction of sp³-hybridized carbons (Fsp3) is 0.600. The number of nitrogens with zero attached hydrogens (tertiary/aromatic N) is 4. The first-order valence-corrected chi connectivity index (χ1v) is 7.88. The minimum atomic E-state index is -0.419. The Labute approximate surface area is 138 Å². The van der Waals surface area contributed by atoms with E-state index < -0.39 is 17.4 Å². The van der Waals surface area contributed by atoms with E-state index in [1.807, 2.05) is 0 Å². The zero-order valence-corrected chi connectivity index (χ0v) is 14.2. The molecule has 0 bridgehead atoms. The molecule has 0 aliphatic rings. The van der Waals surface area contributed by atoms with Crippen LogP contribution < -0.4 is 16.6 Å². The summed E-state index contributed by atoms with van der Waals surface area (Å²) in [5.74, 6) is 0.496. The molecule has 0 aliphatic carbocycles. The van der Waals surface area contributed by atoms with E-state index in [0.717, 1.165) is 6.42 Å². The summed E-state index contributed by atoms with van der Waals surface area (Å²) < 4.78 is 4.14. The van der Waals surface area contributed by atoms with Crippen molar-refractivity contribution in [3.8, 4) is 0 Å². The summed E-state index contributed by atoms with van der Waals surface area (Å²) in [5, 5.41) is 11.8. The van der Waals surface area contributed by atoms with Gasteiger partial charge in [-0.25, -0.2) is 9.78 Å². The lowest BCUT2D eigenvalue weighted by Crippen LogP contribution is -2.39. The van der Waals surface area contributed by atoms with E-state index in [4.69, 9.17) is 0 Å². The summed E-state index contributed by atoms with van der Waals surface area (Å²) >= 11 is 0. The number of rotatable bonds is 8. The highest BCUT2D eigenvalue weighted by atomic mass is 16.3. The second-order valence-electron chi connectivity index (χ2n) is 5.90. The van der Waals surface area contributed by atoms with Gasteiger partial charge >= 0.3 is 5.69 Å². The Balaban J connectivity index is 2.43. The average Bonchev–Trinajstić information content (AvgIpc) is 2.87. The lowest BCUT2D eigenvalue weighted by molar-refractivity contribution is -0.109. The van der Waals surface area contributed by atoms with Crippen LogP contribution in [0.2, 0.25) is 0 Å². The number of aryl methyl sites for hydroxylation is 2. The second kappa shape index (κ2) is 7.43. The molecule has 1 amide bonds. The van der Waals surface area contributed by atoms with E-state index in [1.165, 1.54) is 9.13 Å². The molecular weight excluding hydrogens is 314 g/mol. The van der Waals surface area contributed by atoms with Gasteiger partial charge in [-0.1, -0.05) is 0 Å². The molecule has 132 valence electrons. The number of amides is 1. The Kier molecular flexibility index (Phi) is 5.55. The number of nitrogens with one attached hydrogen (secondary N) is 1. The molecule has 9 nitrogen and oxygen atoms in total. The van der Waals surface area contributed by atoms with E-state index in [9.17, 15) is 19.5 Å². The van der Waals surface area contributed by atoms with Crippen molar-refractivity contribution in [3.05, 3.63) is 26.7 Å². The highest BCUT2D eigenvalue weighted by molar-refractivity contribution is 5.71. The maximum atomic E-state index is 12.7. The fourth-order valence-corrected chi connectivity index (χ4v) is 2.69. The van der Waals surface area contributed by atoms with Crippen LogP contribution in [-0.4, -0.2) is 36.3 Å². The topological polar surface area (TPSA) is 111 Å². The summed E-state index contributed by atoms with van der Waals surface area (Å²) in [6.07, 6.45) is 2.15. The first-order valence-electron chi connectivity index (χ1n) is 7.88. The highest BCUT2D eigenvalue weighted by Gasteiger charge is 2.18. The summed E-state index contributed by atoms with van der Waals surface area (Å²) in [4.78, 5) is 39.9. The van der Waals surface area contributed by atoms with Gasteiger partial charge < -0.3 is 15.0 Å². The highest BCUT2D eigenvalue weighted by Crippen LogP contribution is 2.09. The van der Waals surface area contributed by atoms with Crippen LogP contribution in [0.4, 0.5) is 0 Å². The third kappa shape index (κ3) is 3.40. The Morgan fingerprint density at radius 3 is 2.58 bits per heavy atom. The molecule has 2 aromatic heterocycles. The fourth-order valence-electron chi connectivity index (χ4n) is 2.69. The molecule has 0 aliphatic heterocycles. The van der Waals surface area contributed by atoms with Gasteiger partial charge in [-0.2, -0.15) is 0 Å². The van der Waals surface area contributed by atoms with Gasteiger partial charge in [0, 0.05) is 20.6 Å². The van der Waals surface area contributed by atoms with Crippen LogP contribution >= 0.6 is 0 Å². The van der Waals surface area contributed by atoms with Gasteiger partial charge in [0.15, 0.2) is 11.2 Å². The van der Waals surface area contributed by atoms with Gasteiger partial charge in [-0.3, -0.25) is 18.7 Å². The SMILES string of the molecule is CC(O)CCCCn1c(=O)c2c(nc(CNC=O)n2C)n(C)c1=O. The zero-order chi connectivity index (χ0) is 17.9. The minimum absolute atomic E-state index is 0.177. The van der Waals surface area contributed by atoms with Gasteiger partial charge in [-0.05, 0) is 26.2 Å². The maximum absolute atomic E-state index is 12.7. The molecule has 0 saturated carbocycles. The van der Waals surface area contributed by atoms with E-state index in [0.29, 0.717) is 42.8 Å². The number of carbonyl (C=O) groups is 1. The molecule has 2 N–H and O–H groups in total. The quantitative estimate of drug-likeness (QED) is 0.485. The number of carbonyl (C=O) groups excluding carboxylic acids is 1. The van der Waals surface area contributed by atoms with Gasteiger partial charge in [0.2, 0.25) is 6.41 Å². The summed E-state index contributed by atoms with van der Waals surface area (Å²) in [6, 6.07) is 0. The lowest BCUT2D eigenvalue weighted by Gasteiger charge is -2.09. The Morgan fingerprint density at radius 1 is 1.25 bits per heavy atom. The number of hydrogen-bond donors (Lipinski definition) is 2. The van der Waals surface area contributed by atoms with Crippen molar-refractivity contribution in [2.45, 2.75) is 45.4 Å². The first-order chi connectivity index (χ1) is 11.4. The van der Waals surface area contributed by atoms with Crippen molar-refractivity contribution >= 4 is 17.6 Å². The second-order valence-corrected chi connectivity index (χ2v) is 5.90. The van der Waals surface area contributed by atoms with Crippen LogP contribution in [0.3, 0.4) is 0 Å². The number of aliphatic hydroxyl groups excluding tert-OH is 1. The molecule has 2 heterocycles. The Bertz CT molecular complexity index is 846. The van der Waals surface area contributed by atoms with Crippen molar-refractivity contribution < 1.29 is 9.90 Å². The number of fused-ring (bicyclic) bond motifs is 1. The molecule has 1 atom stereocenters. The normalized spacial score (nSPS) is 12.5. The molecule has 0 radical (unpaired) electrons. The first kappa shape index (κ1) is 17.9. The maximum Gasteiger partial charge on any atom is 0.332 e. The Hall–Kier alpha value is -2.42. The number of hydrogen-bond acceptors (Lipinski definition) is 5. The van der Waals surface area contributed by atoms with Crippen molar-refractivity contribution in [1.29, 1.82) is 0 Å². The molecule has 9 heteroatoms. The standard InChI is InChI=1S/C15H23N5O4/c1-10(22)6-4-5-7-20-14(23)12-13(19(3)15(20)24)17-11(18(12)2)8-16-9-21/h9-10,22H,4-8H2,1-3H3,(H,16,21).